The third kappa shape index (κ3) is 3.25. The number of amides is 2. The molecule has 1 heterocycles. The van der Waals surface area contributed by atoms with E-state index in [0.29, 0.717) is 36.5 Å². The van der Waals surface area contributed by atoms with Crippen molar-refractivity contribution in [3.8, 4) is 0 Å². The molecular formula is C21H21FN2O2. The minimum Gasteiger partial charge on any atom is -0.362 e. The van der Waals surface area contributed by atoms with E-state index in [9.17, 15) is 14.0 Å². The highest BCUT2D eigenvalue weighted by atomic mass is 19.1. The van der Waals surface area contributed by atoms with E-state index in [-0.39, 0.29) is 17.6 Å². The Kier molecular flexibility index (Phi) is 5.16. The van der Waals surface area contributed by atoms with Crippen molar-refractivity contribution in [2.45, 2.75) is 20.4 Å². The fourth-order valence-corrected chi connectivity index (χ4v) is 3.17. The van der Waals surface area contributed by atoms with Crippen molar-refractivity contribution in [1.82, 2.24) is 9.80 Å². The van der Waals surface area contributed by atoms with Gasteiger partial charge in [0.05, 0.1) is 5.57 Å². The Balaban J connectivity index is 2.08. The molecule has 0 aromatic heterocycles. The average Bonchev–Trinajstić information content (AvgIpc) is 2.91. The quantitative estimate of drug-likeness (QED) is 0.748. The van der Waals surface area contributed by atoms with Gasteiger partial charge in [0.1, 0.15) is 11.5 Å². The normalized spacial score (nSPS) is 14.3. The molecule has 134 valence electrons. The largest absolute Gasteiger partial charge is 0.362 e. The van der Waals surface area contributed by atoms with Gasteiger partial charge in [-0.15, -0.1) is 0 Å². The molecule has 0 saturated heterocycles. The van der Waals surface area contributed by atoms with Gasteiger partial charge in [0.2, 0.25) is 0 Å². The van der Waals surface area contributed by atoms with E-state index in [1.807, 2.05) is 42.2 Å². The molecule has 2 aromatic rings. The highest BCUT2D eigenvalue weighted by molar-refractivity contribution is 6.35. The molecule has 0 fully saturated rings. The van der Waals surface area contributed by atoms with Gasteiger partial charge in [-0.3, -0.25) is 14.5 Å². The van der Waals surface area contributed by atoms with Crippen LogP contribution in [0.5, 0.6) is 0 Å². The van der Waals surface area contributed by atoms with Crippen LogP contribution in [0, 0.1) is 5.82 Å². The molecule has 3 rings (SSSR count). The van der Waals surface area contributed by atoms with Crippen molar-refractivity contribution in [3.05, 3.63) is 77.2 Å². The smallest absolute Gasteiger partial charge is 0.277 e. The molecule has 26 heavy (non-hydrogen) atoms. The summed E-state index contributed by atoms with van der Waals surface area (Å²) in [6, 6.07) is 15.5. The Bertz CT molecular complexity index is 844. The van der Waals surface area contributed by atoms with Gasteiger partial charge in [0.15, 0.2) is 0 Å². The first-order chi connectivity index (χ1) is 12.6. The van der Waals surface area contributed by atoms with Gasteiger partial charge in [-0.2, -0.15) is 0 Å². The van der Waals surface area contributed by atoms with Gasteiger partial charge >= 0.3 is 0 Å². The Hall–Kier alpha value is -2.95. The molecule has 1 aliphatic heterocycles. The van der Waals surface area contributed by atoms with Crippen LogP contribution in [0.15, 0.2) is 60.3 Å². The van der Waals surface area contributed by atoms with E-state index in [1.165, 1.54) is 17.0 Å². The first kappa shape index (κ1) is 17.9. The monoisotopic (exact) mass is 352 g/mol. The van der Waals surface area contributed by atoms with E-state index in [0.717, 1.165) is 5.56 Å². The van der Waals surface area contributed by atoms with Crippen LogP contribution in [-0.2, 0) is 16.1 Å². The number of likely N-dealkylation sites (N-methyl/N-ethyl adjacent to an activating group) is 2. The second-order valence-corrected chi connectivity index (χ2v) is 6.08. The second-order valence-electron chi connectivity index (χ2n) is 6.08. The first-order valence-electron chi connectivity index (χ1n) is 8.72. The highest BCUT2D eigenvalue weighted by Crippen LogP contribution is 2.32. The zero-order chi connectivity index (χ0) is 18.7. The minimum absolute atomic E-state index is 0.297. The molecule has 0 unspecified atom stereocenters. The first-order valence-corrected chi connectivity index (χ1v) is 8.72. The van der Waals surface area contributed by atoms with E-state index < -0.39 is 0 Å². The summed E-state index contributed by atoms with van der Waals surface area (Å²) in [5.74, 6) is -1.00. The highest BCUT2D eigenvalue weighted by Gasteiger charge is 2.40. The lowest BCUT2D eigenvalue weighted by atomic mass is 10.0. The third-order valence-electron chi connectivity index (χ3n) is 4.51. The van der Waals surface area contributed by atoms with Crippen LogP contribution in [0.4, 0.5) is 4.39 Å². The number of hydrogen-bond acceptors (Lipinski definition) is 3. The Morgan fingerprint density at radius 3 is 2.15 bits per heavy atom. The van der Waals surface area contributed by atoms with Gasteiger partial charge in [-0.25, -0.2) is 4.39 Å². The average molecular weight is 352 g/mol. The third-order valence-corrected chi connectivity index (χ3v) is 4.51. The second kappa shape index (κ2) is 7.52. The molecule has 0 aliphatic carbocycles. The summed E-state index contributed by atoms with van der Waals surface area (Å²) < 4.78 is 13.3. The number of benzene rings is 2. The van der Waals surface area contributed by atoms with Crippen LogP contribution in [0.2, 0.25) is 0 Å². The maximum atomic E-state index is 13.3. The van der Waals surface area contributed by atoms with Crippen LogP contribution < -0.4 is 0 Å². The summed E-state index contributed by atoms with van der Waals surface area (Å²) >= 11 is 0. The fraction of sp³-hybridized carbons (Fsp3) is 0.238. The van der Waals surface area contributed by atoms with Crippen molar-refractivity contribution < 1.29 is 14.0 Å². The molecule has 2 amide bonds. The lowest BCUT2D eigenvalue weighted by Gasteiger charge is -2.24. The topological polar surface area (TPSA) is 40.6 Å². The van der Waals surface area contributed by atoms with Crippen LogP contribution in [0.1, 0.15) is 25.0 Å². The van der Waals surface area contributed by atoms with Gasteiger partial charge in [-0.05, 0) is 37.1 Å². The maximum Gasteiger partial charge on any atom is 0.277 e. The minimum atomic E-state index is -0.378. The molecule has 0 radical (unpaired) electrons. The van der Waals surface area contributed by atoms with Crippen molar-refractivity contribution in [2.75, 3.05) is 13.1 Å². The Morgan fingerprint density at radius 1 is 0.923 bits per heavy atom. The van der Waals surface area contributed by atoms with Gasteiger partial charge in [-0.1, -0.05) is 42.5 Å². The van der Waals surface area contributed by atoms with Crippen LogP contribution in [0.3, 0.4) is 0 Å². The van der Waals surface area contributed by atoms with Crippen molar-refractivity contribution in [3.63, 3.8) is 0 Å². The Morgan fingerprint density at radius 2 is 1.58 bits per heavy atom. The van der Waals surface area contributed by atoms with Crippen molar-refractivity contribution in [2.24, 2.45) is 0 Å². The zero-order valence-corrected chi connectivity index (χ0v) is 14.9. The van der Waals surface area contributed by atoms with Crippen LogP contribution in [-0.4, -0.2) is 34.7 Å². The summed E-state index contributed by atoms with van der Waals surface area (Å²) in [5, 5.41) is 0. The number of imide groups is 1. The van der Waals surface area contributed by atoms with E-state index in [1.54, 1.807) is 19.1 Å². The molecule has 1 aliphatic rings. The van der Waals surface area contributed by atoms with Crippen LogP contribution >= 0.6 is 0 Å². The zero-order valence-electron chi connectivity index (χ0n) is 14.9. The SMILES string of the molecule is CCN(Cc1ccccc1)C1=C(c2ccc(F)cc2)C(=O)N(CC)C1=O. The maximum absolute atomic E-state index is 13.3. The number of halogens is 1. The fourth-order valence-electron chi connectivity index (χ4n) is 3.17. The standard InChI is InChI=1S/C21H21FN2O2/c1-3-23(14-15-8-6-5-7-9-15)19-18(16-10-12-17(22)13-11-16)20(25)24(4-2)21(19)26/h5-13H,3-4,14H2,1-2H3. The van der Waals surface area contributed by atoms with E-state index in [4.69, 9.17) is 0 Å². The molecule has 2 aromatic carbocycles. The summed E-state index contributed by atoms with van der Waals surface area (Å²) in [6.07, 6.45) is 0. The van der Waals surface area contributed by atoms with Gasteiger partial charge in [0.25, 0.3) is 11.8 Å². The van der Waals surface area contributed by atoms with Gasteiger partial charge in [0, 0.05) is 19.6 Å². The predicted octanol–water partition coefficient (Wildman–Crippen LogP) is 3.45. The van der Waals surface area contributed by atoms with E-state index in [2.05, 4.69) is 0 Å². The molecule has 0 saturated carbocycles. The summed E-state index contributed by atoms with van der Waals surface area (Å²) in [5.41, 5.74) is 2.34. The lowest BCUT2D eigenvalue weighted by Crippen LogP contribution is -2.34. The molecule has 0 atom stereocenters. The molecule has 0 N–H and O–H groups in total. The number of rotatable bonds is 6. The van der Waals surface area contributed by atoms with E-state index >= 15 is 0 Å². The lowest BCUT2D eigenvalue weighted by molar-refractivity contribution is -0.137. The number of hydrogen-bond donors (Lipinski definition) is 0. The molecule has 5 heteroatoms. The summed E-state index contributed by atoms with van der Waals surface area (Å²) in [6.45, 7) is 5.12. The van der Waals surface area contributed by atoms with Crippen molar-refractivity contribution >= 4 is 17.4 Å². The summed E-state index contributed by atoms with van der Waals surface area (Å²) in [4.78, 5) is 28.9. The molecular weight excluding hydrogens is 331 g/mol. The molecule has 0 bridgehead atoms. The van der Waals surface area contributed by atoms with Crippen molar-refractivity contribution in [1.29, 1.82) is 0 Å². The Labute approximate surface area is 152 Å². The molecule has 4 nitrogen and oxygen atoms in total. The van der Waals surface area contributed by atoms with Gasteiger partial charge < -0.3 is 4.90 Å². The molecule has 0 spiro atoms. The van der Waals surface area contributed by atoms with Crippen LogP contribution in [0.25, 0.3) is 5.57 Å². The predicted molar refractivity (Wildman–Crippen MR) is 98.2 cm³/mol. The number of carbonyl (C=O) groups is 2. The number of nitrogens with zero attached hydrogens (tertiary/aromatic N) is 2. The summed E-state index contributed by atoms with van der Waals surface area (Å²) in [7, 11) is 0. The number of carbonyl (C=O) groups excluding carboxylic acids is 2.